The van der Waals surface area contributed by atoms with Crippen LogP contribution >= 0.6 is 0 Å². The van der Waals surface area contributed by atoms with Gasteiger partial charge in [0.15, 0.2) is 0 Å². The predicted octanol–water partition coefficient (Wildman–Crippen LogP) is 1.40. The van der Waals surface area contributed by atoms with Crippen molar-refractivity contribution < 1.29 is 15.3 Å². The van der Waals surface area contributed by atoms with Crippen LogP contribution in [0.3, 0.4) is 0 Å². The van der Waals surface area contributed by atoms with Gasteiger partial charge in [0.25, 0.3) is 0 Å². The van der Waals surface area contributed by atoms with E-state index in [1.807, 2.05) is 23.9 Å². The zero-order chi connectivity index (χ0) is 33.1. The second-order valence-electron chi connectivity index (χ2n) is 13.0. The molecule has 3 unspecified atom stereocenters. The number of aliphatic hydroxyl groups is 3. The molecule has 1 rings (SSSR count). The maximum atomic E-state index is 13.5. The molecule has 0 aliphatic heterocycles. The van der Waals surface area contributed by atoms with Gasteiger partial charge in [0.05, 0.1) is 37.9 Å². The average Bonchev–Trinajstić information content (AvgIpc) is 2.94. The Morgan fingerprint density at radius 1 is 0.500 bits per heavy atom. The number of hydrogen-bond acceptors (Lipinski definition) is 9. The van der Waals surface area contributed by atoms with Crippen LogP contribution in [0.4, 0.5) is 0 Å². The summed E-state index contributed by atoms with van der Waals surface area (Å²) in [6.45, 7) is 5.78. The van der Waals surface area contributed by atoms with Crippen LogP contribution < -0.4 is 17.1 Å². The van der Waals surface area contributed by atoms with Gasteiger partial charge < -0.3 is 30.0 Å². The molecule has 1 aromatic heterocycles. The van der Waals surface area contributed by atoms with Crippen LogP contribution in [0.15, 0.2) is 14.4 Å². The number of likely N-dealkylation sites (N-methyl/N-ethyl adjacent to an activating group) is 3. The van der Waals surface area contributed by atoms with Gasteiger partial charge in [-0.2, -0.15) is 0 Å². The molecule has 0 bridgehead atoms. The van der Waals surface area contributed by atoms with E-state index in [4.69, 9.17) is 0 Å². The summed E-state index contributed by atoms with van der Waals surface area (Å²) in [5.41, 5.74) is -2.61. The molecule has 0 radical (unpaired) electrons. The first-order chi connectivity index (χ1) is 20.9. The number of aromatic nitrogens is 3. The fraction of sp³-hybridized carbons (Fsp3) is 0.906. The molecule has 44 heavy (non-hydrogen) atoms. The molecule has 0 aromatic carbocycles. The van der Waals surface area contributed by atoms with Gasteiger partial charge in [-0.1, -0.05) is 78.1 Å². The van der Waals surface area contributed by atoms with Crippen molar-refractivity contribution >= 4 is 0 Å². The Kier molecular flexibility index (Phi) is 20.7. The lowest BCUT2D eigenvalue weighted by Gasteiger charge is -2.24. The third-order valence-electron chi connectivity index (χ3n) is 7.97. The number of rotatable bonds is 26. The van der Waals surface area contributed by atoms with Crippen LogP contribution in [-0.2, 0) is 19.6 Å². The van der Waals surface area contributed by atoms with Crippen LogP contribution in [0.2, 0.25) is 0 Å². The van der Waals surface area contributed by atoms with Gasteiger partial charge in [-0.25, -0.2) is 28.1 Å². The minimum Gasteiger partial charge on any atom is -0.390 e. The Morgan fingerprint density at radius 2 is 0.795 bits per heavy atom. The van der Waals surface area contributed by atoms with Crippen molar-refractivity contribution in [2.75, 3.05) is 60.9 Å². The van der Waals surface area contributed by atoms with Crippen LogP contribution in [0.25, 0.3) is 0 Å². The van der Waals surface area contributed by atoms with Gasteiger partial charge in [0.2, 0.25) is 0 Å². The molecule has 12 heteroatoms. The van der Waals surface area contributed by atoms with E-state index in [2.05, 4.69) is 13.8 Å². The highest BCUT2D eigenvalue weighted by Crippen LogP contribution is 2.07. The van der Waals surface area contributed by atoms with Gasteiger partial charge in [0.1, 0.15) is 0 Å². The zero-order valence-electron chi connectivity index (χ0n) is 28.6. The van der Waals surface area contributed by atoms with E-state index in [0.29, 0.717) is 0 Å². The van der Waals surface area contributed by atoms with Crippen molar-refractivity contribution in [2.24, 2.45) is 0 Å². The van der Waals surface area contributed by atoms with Crippen molar-refractivity contribution in [3.8, 4) is 0 Å². The molecule has 3 N–H and O–H groups in total. The summed E-state index contributed by atoms with van der Waals surface area (Å²) < 4.78 is 2.56. The first-order valence-electron chi connectivity index (χ1n) is 16.9. The predicted molar refractivity (Wildman–Crippen MR) is 178 cm³/mol. The molecule has 0 amide bonds. The lowest BCUT2D eigenvalue weighted by molar-refractivity contribution is 0.0923. The second-order valence-corrected chi connectivity index (χ2v) is 13.0. The highest BCUT2D eigenvalue weighted by Gasteiger charge is 2.22. The third-order valence-corrected chi connectivity index (χ3v) is 7.97. The van der Waals surface area contributed by atoms with E-state index in [1.165, 1.54) is 51.4 Å². The third kappa shape index (κ3) is 15.9. The lowest BCUT2D eigenvalue weighted by atomic mass is 10.1. The summed E-state index contributed by atoms with van der Waals surface area (Å²) in [7, 11) is 7.32. The maximum absolute atomic E-state index is 13.5. The Balaban J connectivity index is 3.04. The van der Waals surface area contributed by atoms with Crippen LogP contribution in [0, 0.1) is 0 Å². The monoisotopic (exact) mass is 628 g/mol. The van der Waals surface area contributed by atoms with Crippen LogP contribution in [-0.4, -0.2) is 123 Å². The molecule has 1 heterocycles. The summed E-state index contributed by atoms with van der Waals surface area (Å²) >= 11 is 0. The molecule has 0 saturated heterocycles. The Bertz CT molecular complexity index is 1000. The normalized spacial score (nSPS) is 14.2. The minimum atomic E-state index is -1.03. The van der Waals surface area contributed by atoms with Gasteiger partial charge in [-0.15, -0.1) is 0 Å². The fourth-order valence-corrected chi connectivity index (χ4v) is 5.60. The van der Waals surface area contributed by atoms with E-state index in [0.717, 1.165) is 52.5 Å². The summed E-state index contributed by atoms with van der Waals surface area (Å²) in [6.07, 6.45) is 10.8. The van der Waals surface area contributed by atoms with E-state index < -0.39 is 35.4 Å². The number of hydrogen-bond donors (Lipinski definition) is 3. The SMILES string of the molecule is CCCCCCCCN(C)CC(O)Cn1c(=O)n(CC(O)CN(C)C)c(=O)n(CC(O)CN(C)CCCCCCCC)c1=O. The van der Waals surface area contributed by atoms with E-state index in [-0.39, 0.29) is 39.3 Å². The number of unbranched alkanes of at least 4 members (excludes halogenated alkanes) is 10. The Morgan fingerprint density at radius 3 is 1.11 bits per heavy atom. The van der Waals surface area contributed by atoms with Crippen LogP contribution in [0.1, 0.15) is 90.9 Å². The minimum absolute atomic E-state index is 0.211. The summed E-state index contributed by atoms with van der Waals surface area (Å²) in [4.78, 5) is 45.9. The van der Waals surface area contributed by atoms with Crippen molar-refractivity contribution in [1.29, 1.82) is 0 Å². The molecule has 0 spiro atoms. The molecule has 0 aliphatic rings. The Hall–Kier alpha value is -1.83. The molecule has 3 atom stereocenters. The molecule has 258 valence electrons. The smallest absolute Gasteiger partial charge is 0.336 e. The average molecular weight is 629 g/mol. The molecule has 0 aliphatic carbocycles. The first-order valence-corrected chi connectivity index (χ1v) is 16.9. The van der Waals surface area contributed by atoms with Crippen molar-refractivity contribution in [1.82, 2.24) is 28.4 Å². The molecule has 0 saturated carbocycles. The molecular weight excluding hydrogens is 564 g/mol. The van der Waals surface area contributed by atoms with Crippen molar-refractivity contribution in [3.63, 3.8) is 0 Å². The topological polar surface area (TPSA) is 136 Å². The number of aliphatic hydroxyl groups excluding tert-OH is 3. The van der Waals surface area contributed by atoms with Crippen molar-refractivity contribution in [2.45, 2.75) is 129 Å². The molecule has 12 nitrogen and oxygen atoms in total. The largest absolute Gasteiger partial charge is 0.390 e. The first kappa shape index (κ1) is 40.2. The highest BCUT2D eigenvalue weighted by molar-refractivity contribution is 4.83. The van der Waals surface area contributed by atoms with Gasteiger partial charge in [-0.3, -0.25) is 0 Å². The molecular formula is C32H64N6O6. The summed E-state index contributed by atoms with van der Waals surface area (Å²) in [5, 5.41) is 32.2. The second kappa shape index (κ2) is 22.6. The van der Waals surface area contributed by atoms with E-state index in [1.54, 1.807) is 19.0 Å². The molecule has 1 aromatic rings. The van der Waals surface area contributed by atoms with Crippen molar-refractivity contribution in [3.05, 3.63) is 31.5 Å². The maximum Gasteiger partial charge on any atom is 0.336 e. The quantitative estimate of drug-likeness (QED) is 0.130. The fourth-order valence-electron chi connectivity index (χ4n) is 5.60. The molecule has 0 fully saturated rings. The van der Waals surface area contributed by atoms with E-state index >= 15 is 0 Å². The van der Waals surface area contributed by atoms with Gasteiger partial charge >= 0.3 is 17.1 Å². The summed E-state index contributed by atoms with van der Waals surface area (Å²) in [5.74, 6) is 0. The Labute approximate surface area is 264 Å². The lowest BCUT2D eigenvalue weighted by Crippen LogP contribution is -2.58. The van der Waals surface area contributed by atoms with Gasteiger partial charge in [-0.05, 0) is 54.1 Å². The summed E-state index contributed by atoms with van der Waals surface area (Å²) in [6, 6.07) is 0. The van der Waals surface area contributed by atoms with Gasteiger partial charge in [0, 0.05) is 19.6 Å². The highest BCUT2D eigenvalue weighted by atomic mass is 16.3. The zero-order valence-corrected chi connectivity index (χ0v) is 28.6. The number of nitrogens with zero attached hydrogens (tertiary/aromatic N) is 6. The van der Waals surface area contributed by atoms with E-state index in [9.17, 15) is 29.7 Å². The standard InChI is InChI=1S/C32H64N6O6/c1-7-9-11-13-15-17-19-34(5)22-28(40)25-37-30(42)36(24-27(39)21-33(3)4)31(43)38(32(37)44)26-29(41)23-35(6)20-18-16-14-12-10-8-2/h27-29,39-41H,7-26H2,1-6H3. The van der Waals surface area contributed by atoms with Crippen LogP contribution in [0.5, 0.6) is 0 Å².